The molecule has 0 amide bonds. The Balaban J connectivity index is 1.79. The lowest BCUT2D eigenvalue weighted by molar-refractivity contribution is 0.579. The van der Waals surface area contributed by atoms with Crippen molar-refractivity contribution in [3.8, 4) is 16.9 Å². The molecule has 0 aliphatic heterocycles. The molecule has 0 fully saturated rings. The van der Waals surface area contributed by atoms with Crippen LogP contribution >= 0.6 is 11.3 Å². The molecule has 0 saturated heterocycles. The molecule has 32 heavy (non-hydrogen) atoms. The van der Waals surface area contributed by atoms with E-state index in [0.29, 0.717) is 0 Å². The molecular formula is C24H17FN2O3S2. The number of fused-ring (bicyclic) bond motifs is 1. The molecule has 0 N–H and O–H groups in total. The molecule has 0 aliphatic carbocycles. The van der Waals surface area contributed by atoms with Crippen molar-refractivity contribution in [2.24, 2.45) is 4.40 Å². The summed E-state index contributed by atoms with van der Waals surface area (Å²) in [6.07, 6.45) is 0. The van der Waals surface area contributed by atoms with Crippen LogP contribution in [-0.2, 0) is 10.0 Å². The van der Waals surface area contributed by atoms with Gasteiger partial charge in [0, 0.05) is 22.0 Å². The van der Waals surface area contributed by atoms with E-state index in [4.69, 9.17) is 4.42 Å². The maximum atomic E-state index is 13.3. The normalized spacial score (nSPS) is 12.5. The van der Waals surface area contributed by atoms with Crippen LogP contribution < -0.4 is 4.80 Å². The van der Waals surface area contributed by atoms with E-state index in [1.54, 1.807) is 4.57 Å². The van der Waals surface area contributed by atoms with Gasteiger partial charge < -0.3 is 4.42 Å². The minimum atomic E-state index is -4.04. The van der Waals surface area contributed by atoms with Crippen molar-refractivity contribution in [1.82, 2.24) is 4.57 Å². The zero-order valence-corrected chi connectivity index (χ0v) is 18.5. The third kappa shape index (κ3) is 3.57. The van der Waals surface area contributed by atoms with Gasteiger partial charge in [-0.1, -0.05) is 36.4 Å². The highest BCUT2D eigenvalue weighted by molar-refractivity contribution is 7.90. The summed E-state index contributed by atoms with van der Waals surface area (Å²) in [5, 5.41) is 2.80. The van der Waals surface area contributed by atoms with Gasteiger partial charge in [-0.3, -0.25) is 4.57 Å². The molecule has 0 radical (unpaired) electrons. The molecule has 2 aromatic heterocycles. The van der Waals surface area contributed by atoms with Crippen molar-refractivity contribution in [1.29, 1.82) is 0 Å². The number of nitrogens with zero attached hydrogens (tertiary/aromatic N) is 2. The highest BCUT2D eigenvalue weighted by Crippen LogP contribution is 2.35. The summed E-state index contributed by atoms with van der Waals surface area (Å²) in [5.74, 6) is 0.214. The van der Waals surface area contributed by atoms with Gasteiger partial charge in [0.1, 0.15) is 17.2 Å². The predicted molar refractivity (Wildman–Crippen MR) is 123 cm³/mol. The van der Waals surface area contributed by atoms with Crippen molar-refractivity contribution in [2.45, 2.75) is 11.8 Å². The Labute approximate surface area is 187 Å². The maximum Gasteiger partial charge on any atom is 0.285 e. The van der Waals surface area contributed by atoms with Crippen LogP contribution in [0.25, 0.3) is 27.9 Å². The molecular weight excluding hydrogens is 447 g/mol. The van der Waals surface area contributed by atoms with Crippen LogP contribution in [0.1, 0.15) is 5.76 Å². The van der Waals surface area contributed by atoms with Crippen LogP contribution in [0.4, 0.5) is 4.39 Å². The molecule has 0 atom stereocenters. The molecule has 2 heterocycles. The second kappa shape index (κ2) is 7.89. The Bertz CT molecular complexity index is 1600. The molecule has 0 aliphatic rings. The maximum absolute atomic E-state index is 13.3. The van der Waals surface area contributed by atoms with Gasteiger partial charge in [-0.25, -0.2) is 4.39 Å². The quantitative estimate of drug-likeness (QED) is 0.343. The number of aryl methyl sites for hydroxylation is 1. The lowest BCUT2D eigenvalue weighted by Gasteiger charge is -2.09. The summed E-state index contributed by atoms with van der Waals surface area (Å²) in [7, 11) is -4.04. The van der Waals surface area contributed by atoms with Crippen LogP contribution in [0.3, 0.4) is 0 Å². The van der Waals surface area contributed by atoms with E-state index in [1.165, 1.54) is 23.5 Å². The number of furan rings is 1. The lowest BCUT2D eigenvalue weighted by Crippen LogP contribution is -2.16. The Morgan fingerprint density at radius 3 is 2.38 bits per heavy atom. The van der Waals surface area contributed by atoms with Crippen LogP contribution in [-0.4, -0.2) is 13.0 Å². The summed E-state index contributed by atoms with van der Waals surface area (Å²) in [4.78, 5) is 0.207. The first kappa shape index (κ1) is 20.4. The van der Waals surface area contributed by atoms with E-state index >= 15 is 0 Å². The monoisotopic (exact) mass is 464 g/mol. The van der Waals surface area contributed by atoms with Crippen LogP contribution in [0.15, 0.2) is 98.0 Å². The average molecular weight is 465 g/mol. The van der Waals surface area contributed by atoms with Crippen molar-refractivity contribution in [3.63, 3.8) is 0 Å². The number of rotatable bonds is 4. The smallest absolute Gasteiger partial charge is 0.285 e. The number of aromatic nitrogens is 1. The number of hydrogen-bond acceptors (Lipinski definition) is 4. The van der Waals surface area contributed by atoms with Gasteiger partial charge >= 0.3 is 0 Å². The van der Waals surface area contributed by atoms with E-state index in [-0.39, 0.29) is 9.70 Å². The molecule has 0 bridgehead atoms. The van der Waals surface area contributed by atoms with Crippen LogP contribution in [0, 0.1) is 12.7 Å². The number of sulfonamides is 1. The topological polar surface area (TPSA) is 64.6 Å². The third-order valence-corrected chi connectivity index (χ3v) is 7.28. The summed E-state index contributed by atoms with van der Waals surface area (Å²) >= 11 is 1.21. The molecule has 5 rings (SSSR count). The number of benzene rings is 3. The minimum absolute atomic E-state index is 0.0709. The summed E-state index contributed by atoms with van der Waals surface area (Å²) < 4.78 is 51.0. The minimum Gasteiger partial charge on any atom is -0.461 e. The fraction of sp³-hybridized carbons (Fsp3) is 0.0417. The van der Waals surface area contributed by atoms with E-state index < -0.39 is 15.8 Å². The van der Waals surface area contributed by atoms with E-state index in [9.17, 15) is 12.8 Å². The Kier molecular flexibility index (Phi) is 5.03. The molecule has 0 spiro atoms. The number of hydrogen-bond donors (Lipinski definition) is 0. The van der Waals surface area contributed by atoms with Gasteiger partial charge in [-0.15, -0.1) is 15.7 Å². The largest absolute Gasteiger partial charge is 0.461 e. The van der Waals surface area contributed by atoms with Gasteiger partial charge in [0.25, 0.3) is 10.0 Å². The Hall–Kier alpha value is -3.49. The number of para-hydroxylation sites is 2. The number of thiazole rings is 1. The SMILES string of the molecule is Cc1oc2ccccc2c1-c1csc(=NS(=O)(=O)c2ccc(F)cc2)n1-c1ccccc1. The average Bonchev–Trinajstić information content (AvgIpc) is 3.33. The lowest BCUT2D eigenvalue weighted by atomic mass is 10.1. The van der Waals surface area contributed by atoms with Gasteiger partial charge in [0.05, 0.1) is 10.6 Å². The molecule has 5 aromatic rings. The van der Waals surface area contributed by atoms with Crippen LogP contribution in [0.5, 0.6) is 0 Å². The van der Waals surface area contributed by atoms with Crippen molar-refractivity contribution in [3.05, 3.63) is 101 Å². The van der Waals surface area contributed by atoms with Gasteiger partial charge in [0.15, 0.2) is 0 Å². The summed E-state index contributed by atoms with van der Waals surface area (Å²) in [5.41, 5.74) is 3.17. The zero-order chi connectivity index (χ0) is 22.3. The first-order valence-electron chi connectivity index (χ1n) is 9.75. The first-order chi connectivity index (χ1) is 15.4. The highest BCUT2D eigenvalue weighted by atomic mass is 32.2. The van der Waals surface area contributed by atoms with E-state index in [2.05, 4.69) is 4.40 Å². The fourth-order valence-electron chi connectivity index (χ4n) is 3.62. The van der Waals surface area contributed by atoms with Gasteiger partial charge in [-0.2, -0.15) is 8.42 Å². The predicted octanol–water partition coefficient (Wildman–Crippen LogP) is 5.69. The summed E-state index contributed by atoms with van der Waals surface area (Å²) in [6, 6.07) is 21.8. The van der Waals surface area contributed by atoms with Crippen molar-refractivity contribution < 1.29 is 17.2 Å². The summed E-state index contributed by atoms with van der Waals surface area (Å²) in [6.45, 7) is 1.88. The second-order valence-corrected chi connectivity index (χ2v) is 9.56. The zero-order valence-electron chi connectivity index (χ0n) is 16.9. The third-order valence-electron chi connectivity index (χ3n) is 5.06. The van der Waals surface area contributed by atoms with Crippen LogP contribution in [0.2, 0.25) is 0 Å². The fourth-order valence-corrected chi connectivity index (χ4v) is 5.71. The Morgan fingerprint density at radius 2 is 1.62 bits per heavy atom. The Morgan fingerprint density at radius 1 is 0.938 bits per heavy atom. The number of halogens is 1. The standard InChI is InChI=1S/C24H17FN2O3S2/c1-16-23(20-9-5-6-10-22(20)30-16)21-15-31-24(27(21)18-7-3-2-4-8-18)26-32(28,29)19-13-11-17(25)12-14-19/h2-15H,1H3. The van der Waals surface area contributed by atoms with Gasteiger partial charge in [0.2, 0.25) is 4.80 Å². The van der Waals surface area contributed by atoms with Gasteiger partial charge in [-0.05, 0) is 49.4 Å². The van der Waals surface area contributed by atoms with E-state index in [0.717, 1.165) is 45.8 Å². The molecule has 8 heteroatoms. The molecule has 160 valence electrons. The van der Waals surface area contributed by atoms with E-state index in [1.807, 2.05) is 66.9 Å². The molecule has 0 saturated carbocycles. The highest BCUT2D eigenvalue weighted by Gasteiger charge is 2.20. The molecule has 3 aromatic carbocycles. The molecule has 5 nitrogen and oxygen atoms in total. The van der Waals surface area contributed by atoms with Crippen molar-refractivity contribution in [2.75, 3.05) is 0 Å². The second-order valence-electron chi connectivity index (χ2n) is 7.12. The molecule has 0 unspecified atom stereocenters. The first-order valence-corrected chi connectivity index (χ1v) is 12.1. The van der Waals surface area contributed by atoms with Crippen molar-refractivity contribution >= 4 is 32.3 Å².